The molecular weight excluding hydrogens is 176 g/mol. The van der Waals surface area contributed by atoms with Gasteiger partial charge in [0, 0.05) is 6.42 Å². The minimum absolute atomic E-state index is 0.274. The van der Waals surface area contributed by atoms with Gasteiger partial charge in [-0.1, -0.05) is 0 Å². The zero-order chi connectivity index (χ0) is 10.7. The van der Waals surface area contributed by atoms with Crippen LogP contribution in [-0.4, -0.2) is 56.1 Å². The maximum absolute atomic E-state index is 9.69. The highest BCUT2D eigenvalue weighted by Gasteiger charge is 2.42. The van der Waals surface area contributed by atoms with Crippen molar-refractivity contribution in [1.29, 1.82) is 0 Å². The molecule has 0 aliphatic heterocycles. The Kier molecular flexibility index (Phi) is 4.28. The molecule has 0 radical (unpaired) electrons. The lowest BCUT2D eigenvalue weighted by Crippen LogP contribution is -2.55. The van der Waals surface area contributed by atoms with Crippen molar-refractivity contribution in [2.75, 3.05) is 13.2 Å². The van der Waals surface area contributed by atoms with Gasteiger partial charge in [-0.05, 0) is 13.8 Å². The Balaban J connectivity index is 4.46. The van der Waals surface area contributed by atoms with Gasteiger partial charge in [-0.3, -0.25) is 0 Å². The Bertz CT molecular complexity index is 153. The summed E-state index contributed by atoms with van der Waals surface area (Å²) in [5.74, 6) is 0. The summed E-state index contributed by atoms with van der Waals surface area (Å²) in [7, 11) is 0. The molecule has 0 aromatic carbocycles. The summed E-state index contributed by atoms with van der Waals surface area (Å²) in [6.07, 6.45) is -1.42. The minimum Gasteiger partial charge on any atom is -0.394 e. The lowest BCUT2D eigenvalue weighted by atomic mass is 9.82. The van der Waals surface area contributed by atoms with Crippen LogP contribution in [0.1, 0.15) is 20.3 Å². The highest BCUT2D eigenvalue weighted by molar-refractivity contribution is 4.94. The maximum Gasteiger partial charge on any atom is 0.118 e. The van der Waals surface area contributed by atoms with Gasteiger partial charge in [0.15, 0.2) is 0 Å². The summed E-state index contributed by atoms with van der Waals surface area (Å²) >= 11 is 0. The number of rotatable bonds is 5. The fourth-order valence-corrected chi connectivity index (χ4v) is 0.962. The van der Waals surface area contributed by atoms with Crippen LogP contribution in [0, 0.1) is 0 Å². The highest BCUT2D eigenvalue weighted by atomic mass is 16.4. The molecule has 0 aliphatic carbocycles. The predicted octanol–water partition coefficient (Wildman–Crippen LogP) is -1.78. The molecule has 0 aromatic rings. The second-order valence-corrected chi connectivity index (χ2v) is 3.79. The molecule has 0 amide bonds. The molecule has 5 heteroatoms. The molecule has 0 spiro atoms. The molecule has 0 unspecified atom stereocenters. The summed E-state index contributed by atoms with van der Waals surface area (Å²) in [6.45, 7) is 1.46. The zero-order valence-electron chi connectivity index (χ0n) is 7.93. The van der Waals surface area contributed by atoms with Crippen molar-refractivity contribution in [2.45, 2.75) is 37.6 Å². The van der Waals surface area contributed by atoms with Crippen LogP contribution in [0.4, 0.5) is 0 Å². The van der Waals surface area contributed by atoms with Crippen LogP contribution in [0.3, 0.4) is 0 Å². The summed E-state index contributed by atoms with van der Waals surface area (Å²) in [5.41, 5.74) is -3.33. The molecule has 0 aromatic heterocycles. The molecule has 5 nitrogen and oxygen atoms in total. The van der Waals surface area contributed by atoms with Gasteiger partial charge in [0.05, 0.1) is 24.9 Å². The standard InChI is InChI=1S/C8H18O5/c1-7(2,12)8(13,5-10)3-6(11)4-9/h6,9-13H,3-5H2,1-2H3/t6-,8-/m0/s1. The van der Waals surface area contributed by atoms with E-state index < -0.39 is 30.5 Å². The van der Waals surface area contributed by atoms with Gasteiger partial charge in [0.25, 0.3) is 0 Å². The van der Waals surface area contributed by atoms with Gasteiger partial charge in [-0.15, -0.1) is 0 Å². The first-order chi connectivity index (χ1) is 5.77. The largest absolute Gasteiger partial charge is 0.394 e. The van der Waals surface area contributed by atoms with Crippen molar-refractivity contribution in [2.24, 2.45) is 0 Å². The number of hydrogen-bond donors (Lipinski definition) is 5. The van der Waals surface area contributed by atoms with Gasteiger partial charge < -0.3 is 25.5 Å². The van der Waals surface area contributed by atoms with E-state index >= 15 is 0 Å². The van der Waals surface area contributed by atoms with E-state index in [1.165, 1.54) is 13.8 Å². The summed E-state index contributed by atoms with van der Waals surface area (Å²) < 4.78 is 0. The fraction of sp³-hybridized carbons (Fsp3) is 1.00. The van der Waals surface area contributed by atoms with Crippen LogP contribution in [0.5, 0.6) is 0 Å². The molecule has 0 saturated carbocycles. The Morgan fingerprint density at radius 1 is 1.15 bits per heavy atom. The van der Waals surface area contributed by atoms with Crippen LogP contribution < -0.4 is 0 Å². The molecule has 13 heavy (non-hydrogen) atoms. The first-order valence-electron chi connectivity index (χ1n) is 4.11. The minimum atomic E-state index is -1.80. The number of hydrogen-bond acceptors (Lipinski definition) is 5. The Morgan fingerprint density at radius 3 is 1.85 bits per heavy atom. The van der Waals surface area contributed by atoms with E-state index in [-0.39, 0.29) is 6.42 Å². The van der Waals surface area contributed by atoms with Gasteiger partial charge in [0.2, 0.25) is 0 Å². The van der Waals surface area contributed by atoms with E-state index in [1.54, 1.807) is 0 Å². The summed E-state index contributed by atoms with van der Waals surface area (Å²) in [5, 5.41) is 45.6. The lowest BCUT2D eigenvalue weighted by Gasteiger charge is -2.38. The zero-order valence-corrected chi connectivity index (χ0v) is 7.93. The smallest absolute Gasteiger partial charge is 0.118 e. The second kappa shape index (κ2) is 4.34. The average molecular weight is 194 g/mol. The molecule has 5 N–H and O–H groups in total. The molecule has 0 bridgehead atoms. The van der Waals surface area contributed by atoms with Crippen LogP contribution in [-0.2, 0) is 0 Å². The topological polar surface area (TPSA) is 101 Å². The monoisotopic (exact) mass is 194 g/mol. The van der Waals surface area contributed by atoms with Crippen molar-refractivity contribution in [3.8, 4) is 0 Å². The molecular formula is C8H18O5. The number of aliphatic hydroxyl groups is 5. The molecule has 80 valence electrons. The van der Waals surface area contributed by atoms with Gasteiger partial charge >= 0.3 is 0 Å². The quantitative estimate of drug-likeness (QED) is 0.356. The van der Waals surface area contributed by atoms with E-state index in [1.807, 2.05) is 0 Å². The van der Waals surface area contributed by atoms with Crippen molar-refractivity contribution < 1.29 is 25.5 Å². The van der Waals surface area contributed by atoms with Crippen molar-refractivity contribution in [3.05, 3.63) is 0 Å². The van der Waals surface area contributed by atoms with Crippen molar-refractivity contribution in [3.63, 3.8) is 0 Å². The third kappa shape index (κ3) is 3.21. The molecule has 0 rings (SSSR count). The normalized spacial score (nSPS) is 19.6. The molecule has 2 atom stereocenters. The van der Waals surface area contributed by atoms with Crippen LogP contribution >= 0.6 is 0 Å². The Morgan fingerprint density at radius 2 is 1.62 bits per heavy atom. The Labute approximate surface area is 77.3 Å². The van der Waals surface area contributed by atoms with Gasteiger partial charge in [0.1, 0.15) is 5.60 Å². The van der Waals surface area contributed by atoms with E-state index in [0.717, 1.165) is 0 Å². The highest BCUT2D eigenvalue weighted by Crippen LogP contribution is 2.26. The van der Waals surface area contributed by atoms with E-state index in [2.05, 4.69) is 0 Å². The molecule has 0 fully saturated rings. The third-order valence-electron chi connectivity index (χ3n) is 2.18. The van der Waals surface area contributed by atoms with E-state index in [4.69, 9.17) is 15.3 Å². The molecule has 0 saturated heterocycles. The van der Waals surface area contributed by atoms with Gasteiger partial charge in [-0.2, -0.15) is 0 Å². The fourth-order valence-electron chi connectivity index (χ4n) is 0.962. The lowest BCUT2D eigenvalue weighted by molar-refractivity contribution is -0.172. The van der Waals surface area contributed by atoms with Crippen molar-refractivity contribution >= 4 is 0 Å². The SMILES string of the molecule is CC(C)(O)[C@@](O)(CO)C[C@H](O)CO. The first-order valence-corrected chi connectivity index (χ1v) is 4.11. The van der Waals surface area contributed by atoms with E-state index in [9.17, 15) is 10.2 Å². The Hall–Kier alpha value is -0.200. The van der Waals surface area contributed by atoms with Crippen LogP contribution in [0.15, 0.2) is 0 Å². The van der Waals surface area contributed by atoms with Crippen molar-refractivity contribution in [1.82, 2.24) is 0 Å². The first kappa shape index (κ1) is 12.8. The van der Waals surface area contributed by atoms with Gasteiger partial charge in [-0.25, -0.2) is 0 Å². The predicted molar refractivity (Wildman–Crippen MR) is 46.0 cm³/mol. The third-order valence-corrected chi connectivity index (χ3v) is 2.18. The number of aliphatic hydroxyl groups excluding tert-OH is 3. The molecule has 0 heterocycles. The second-order valence-electron chi connectivity index (χ2n) is 3.79. The average Bonchev–Trinajstić information content (AvgIpc) is 2.02. The summed E-state index contributed by atoms with van der Waals surface area (Å²) in [4.78, 5) is 0. The van der Waals surface area contributed by atoms with Crippen LogP contribution in [0.25, 0.3) is 0 Å². The molecule has 0 aliphatic rings. The van der Waals surface area contributed by atoms with E-state index in [0.29, 0.717) is 0 Å². The summed E-state index contributed by atoms with van der Waals surface area (Å²) in [6, 6.07) is 0. The van der Waals surface area contributed by atoms with Crippen LogP contribution in [0.2, 0.25) is 0 Å². The maximum atomic E-state index is 9.69.